The summed E-state index contributed by atoms with van der Waals surface area (Å²) >= 11 is 1.77. The number of carbonyl (C=O) groups is 1. The summed E-state index contributed by atoms with van der Waals surface area (Å²) in [7, 11) is 0. The Labute approximate surface area is 112 Å². The molecule has 0 aliphatic carbocycles. The molecule has 1 atom stereocenters. The van der Waals surface area contributed by atoms with Gasteiger partial charge in [0.15, 0.2) is 0 Å². The molecule has 2 heterocycles. The monoisotopic (exact) mass is 268 g/mol. The zero-order chi connectivity index (χ0) is 13.0. The molecular weight excluding hydrogens is 248 g/mol. The Balaban J connectivity index is 1.66. The highest BCUT2D eigenvalue weighted by atomic mass is 32.2. The van der Waals surface area contributed by atoms with Crippen molar-refractivity contribution in [2.75, 3.05) is 18.2 Å². The number of nitrogens with one attached hydrogen (secondary N) is 2. The van der Waals surface area contributed by atoms with Crippen LogP contribution in [0, 0.1) is 13.8 Å². The Morgan fingerprint density at radius 1 is 1.67 bits per heavy atom. The topological polar surface area (TPSA) is 59.0 Å². The minimum absolute atomic E-state index is 0.0105. The number of aryl methyl sites for hydroxylation is 3. The third-order valence-corrected chi connectivity index (χ3v) is 3.92. The van der Waals surface area contributed by atoms with Gasteiger partial charge in [-0.15, -0.1) is 11.8 Å². The Hall–Kier alpha value is -1.01. The molecule has 0 radical (unpaired) electrons. The molecule has 1 unspecified atom stereocenters. The van der Waals surface area contributed by atoms with Crippen LogP contribution in [-0.4, -0.2) is 39.9 Å². The lowest BCUT2D eigenvalue weighted by atomic mass is 10.3. The average molecular weight is 268 g/mol. The number of rotatable bonds is 5. The summed E-state index contributed by atoms with van der Waals surface area (Å²) in [5.74, 6) is 1.88. The van der Waals surface area contributed by atoms with E-state index >= 15 is 0 Å². The van der Waals surface area contributed by atoms with Crippen LogP contribution in [0.15, 0.2) is 6.07 Å². The van der Waals surface area contributed by atoms with Crippen LogP contribution in [0.25, 0.3) is 0 Å². The Morgan fingerprint density at radius 3 is 3.11 bits per heavy atom. The smallest absolute Gasteiger partial charge is 0.238 e. The van der Waals surface area contributed by atoms with Gasteiger partial charge in [0.2, 0.25) is 5.91 Å². The van der Waals surface area contributed by atoms with Crippen LogP contribution >= 0.6 is 11.8 Å². The molecular formula is C12H20N4OS. The Kier molecular flexibility index (Phi) is 4.66. The van der Waals surface area contributed by atoms with Crippen molar-refractivity contribution >= 4 is 17.7 Å². The van der Waals surface area contributed by atoms with Crippen LogP contribution in [0.1, 0.15) is 17.8 Å². The van der Waals surface area contributed by atoms with Gasteiger partial charge < -0.3 is 5.32 Å². The van der Waals surface area contributed by atoms with Crippen LogP contribution in [0.4, 0.5) is 0 Å². The Bertz CT molecular complexity index is 412. The van der Waals surface area contributed by atoms with E-state index in [1.807, 2.05) is 11.6 Å². The lowest BCUT2D eigenvalue weighted by Gasteiger charge is -2.10. The molecule has 1 aliphatic rings. The summed E-state index contributed by atoms with van der Waals surface area (Å²) in [6.45, 7) is 5.61. The van der Waals surface area contributed by atoms with Crippen molar-refractivity contribution in [2.24, 2.45) is 0 Å². The van der Waals surface area contributed by atoms with E-state index in [1.165, 1.54) is 5.69 Å². The summed E-state index contributed by atoms with van der Waals surface area (Å²) in [6.07, 6.45) is 0.910. The second-order valence-electron chi connectivity index (χ2n) is 4.57. The van der Waals surface area contributed by atoms with Crippen LogP contribution < -0.4 is 10.6 Å². The van der Waals surface area contributed by atoms with E-state index in [2.05, 4.69) is 28.7 Å². The van der Waals surface area contributed by atoms with E-state index in [-0.39, 0.29) is 11.9 Å². The first-order chi connectivity index (χ1) is 8.66. The van der Waals surface area contributed by atoms with Crippen LogP contribution in [0.3, 0.4) is 0 Å². The van der Waals surface area contributed by atoms with E-state index < -0.39 is 0 Å². The first-order valence-corrected chi connectivity index (χ1v) is 7.42. The zero-order valence-electron chi connectivity index (χ0n) is 10.9. The molecule has 1 aliphatic heterocycles. The standard InChI is InChI=1S/C12H20N4OS/c1-9-6-10(2)16(15-9)5-3-4-13-12(17)11-7-18-8-14-11/h6,11,14H,3-5,7-8H2,1-2H3,(H,13,17). The first kappa shape index (κ1) is 13.4. The molecule has 0 bridgehead atoms. The highest BCUT2D eigenvalue weighted by molar-refractivity contribution is 7.99. The summed E-state index contributed by atoms with van der Waals surface area (Å²) < 4.78 is 1.99. The molecule has 1 saturated heterocycles. The predicted molar refractivity (Wildman–Crippen MR) is 73.6 cm³/mol. The third-order valence-electron chi connectivity index (χ3n) is 2.98. The fraction of sp³-hybridized carbons (Fsp3) is 0.667. The van der Waals surface area contributed by atoms with Gasteiger partial charge in [0.05, 0.1) is 11.7 Å². The van der Waals surface area contributed by atoms with Gasteiger partial charge in [0.25, 0.3) is 0 Å². The van der Waals surface area contributed by atoms with Crippen LogP contribution in [0.5, 0.6) is 0 Å². The quantitative estimate of drug-likeness (QED) is 0.771. The molecule has 5 nitrogen and oxygen atoms in total. The summed E-state index contributed by atoms with van der Waals surface area (Å²) in [5, 5.41) is 10.5. The number of hydrogen-bond donors (Lipinski definition) is 2. The van der Waals surface area contributed by atoms with Gasteiger partial charge in [-0.05, 0) is 26.3 Å². The van der Waals surface area contributed by atoms with Gasteiger partial charge in [0, 0.05) is 30.4 Å². The third kappa shape index (κ3) is 3.49. The predicted octanol–water partition coefficient (Wildman–Crippen LogP) is 0.669. The van der Waals surface area contributed by atoms with Crippen molar-refractivity contribution in [3.8, 4) is 0 Å². The molecule has 2 N–H and O–H groups in total. The summed E-state index contributed by atoms with van der Waals surface area (Å²) in [6, 6.07) is 2.06. The Morgan fingerprint density at radius 2 is 2.50 bits per heavy atom. The van der Waals surface area contributed by atoms with E-state index in [0.717, 1.165) is 30.3 Å². The summed E-state index contributed by atoms with van der Waals surface area (Å²) in [5.41, 5.74) is 2.22. The maximum Gasteiger partial charge on any atom is 0.238 e. The molecule has 6 heteroatoms. The number of aromatic nitrogens is 2. The lowest BCUT2D eigenvalue weighted by molar-refractivity contribution is -0.122. The number of hydrogen-bond acceptors (Lipinski definition) is 4. The van der Waals surface area contributed by atoms with Gasteiger partial charge in [-0.2, -0.15) is 5.10 Å². The maximum absolute atomic E-state index is 11.7. The van der Waals surface area contributed by atoms with Gasteiger partial charge in [-0.1, -0.05) is 0 Å². The highest BCUT2D eigenvalue weighted by Gasteiger charge is 2.21. The van der Waals surface area contributed by atoms with Crippen molar-refractivity contribution in [2.45, 2.75) is 32.9 Å². The van der Waals surface area contributed by atoms with Gasteiger partial charge >= 0.3 is 0 Å². The molecule has 1 fully saturated rings. The molecule has 1 aromatic heterocycles. The molecule has 1 amide bonds. The molecule has 2 rings (SSSR count). The first-order valence-electron chi connectivity index (χ1n) is 6.26. The van der Waals surface area contributed by atoms with Gasteiger partial charge in [-0.3, -0.25) is 14.8 Å². The second-order valence-corrected chi connectivity index (χ2v) is 5.60. The van der Waals surface area contributed by atoms with Gasteiger partial charge in [0.1, 0.15) is 0 Å². The van der Waals surface area contributed by atoms with E-state index in [0.29, 0.717) is 6.54 Å². The molecule has 18 heavy (non-hydrogen) atoms. The van der Waals surface area contributed by atoms with Gasteiger partial charge in [-0.25, -0.2) is 0 Å². The maximum atomic E-state index is 11.7. The fourth-order valence-corrected chi connectivity index (χ4v) is 2.97. The normalized spacial score (nSPS) is 19.1. The average Bonchev–Trinajstić information content (AvgIpc) is 2.94. The number of carbonyl (C=O) groups excluding carboxylic acids is 1. The van der Waals surface area contributed by atoms with Crippen molar-refractivity contribution in [1.29, 1.82) is 0 Å². The second kappa shape index (κ2) is 6.24. The van der Waals surface area contributed by atoms with Crippen molar-refractivity contribution in [1.82, 2.24) is 20.4 Å². The van der Waals surface area contributed by atoms with Crippen molar-refractivity contribution < 1.29 is 4.79 Å². The molecule has 0 aromatic carbocycles. The van der Waals surface area contributed by atoms with E-state index in [1.54, 1.807) is 11.8 Å². The van der Waals surface area contributed by atoms with Crippen molar-refractivity contribution in [3.63, 3.8) is 0 Å². The molecule has 100 valence electrons. The van der Waals surface area contributed by atoms with Crippen LogP contribution in [0.2, 0.25) is 0 Å². The van der Waals surface area contributed by atoms with Crippen molar-refractivity contribution in [3.05, 3.63) is 17.5 Å². The highest BCUT2D eigenvalue weighted by Crippen LogP contribution is 2.09. The SMILES string of the molecule is Cc1cc(C)n(CCCNC(=O)C2CSCN2)n1. The molecule has 1 aromatic rings. The van der Waals surface area contributed by atoms with E-state index in [4.69, 9.17) is 0 Å². The molecule has 0 saturated carbocycles. The minimum Gasteiger partial charge on any atom is -0.355 e. The number of amides is 1. The van der Waals surface area contributed by atoms with Crippen LogP contribution in [-0.2, 0) is 11.3 Å². The minimum atomic E-state index is -0.0105. The zero-order valence-corrected chi connectivity index (χ0v) is 11.7. The number of nitrogens with zero attached hydrogens (tertiary/aromatic N) is 2. The molecule has 0 spiro atoms. The van der Waals surface area contributed by atoms with E-state index in [9.17, 15) is 4.79 Å². The lowest BCUT2D eigenvalue weighted by Crippen LogP contribution is -2.42. The fourth-order valence-electron chi connectivity index (χ4n) is 2.03. The number of thioether (sulfide) groups is 1. The largest absolute Gasteiger partial charge is 0.355 e. The summed E-state index contributed by atoms with van der Waals surface area (Å²) in [4.78, 5) is 11.7.